The van der Waals surface area contributed by atoms with Gasteiger partial charge in [-0.1, -0.05) is 6.07 Å². The molecule has 0 radical (unpaired) electrons. The van der Waals surface area contributed by atoms with Gasteiger partial charge in [0.2, 0.25) is 11.8 Å². The minimum atomic E-state index is -4.53. The molecule has 3 rings (SSSR count). The Balaban J connectivity index is 1.91. The van der Waals surface area contributed by atoms with E-state index in [9.17, 15) is 18.0 Å². The first-order valence-electron chi connectivity index (χ1n) is 6.55. The molecule has 122 valence electrons. The van der Waals surface area contributed by atoms with E-state index in [1.807, 2.05) is 0 Å². The summed E-state index contributed by atoms with van der Waals surface area (Å²) in [5, 5.41) is 16.5. The number of alkyl halides is 3. The molecular weight excluding hydrogens is 327 g/mol. The highest BCUT2D eigenvalue weighted by molar-refractivity contribution is 5.88. The second kappa shape index (κ2) is 5.76. The molecule has 1 N–H and O–H groups in total. The fourth-order valence-corrected chi connectivity index (χ4v) is 1.93. The van der Waals surface area contributed by atoms with E-state index in [1.54, 1.807) is 6.07 Å². The van der Waals surface area contributed by atoms with Crippen LogP contribution >= 0.6 is 0 Å². The number of rotatable bonds is 3. The standard InChI is InChI=1S/C15H8F3N3O3/c16-15(17,18)11-5-4-10(7-19-11)13-21-20-12(24-13)8-2-1-3-9(6-8)14(22)23/h1-7H,(H,22,23). The zero-order chi connectivity index (χ0) is 17.3. The summed E-state index contributed by atoms with van der Waals surface area (Å²) in [6.07, 6.45) is -3.55. The fraction of sp³-hybridized carbons (Fsp3) is 0.0667. The van der Waals surface area contributed by atoms with E-state index < -0.39 is 17.8 Å². The average Bonchev–Trinajstić information content (AvgIpc) is 3.04. The first-order chi connectivity index (χ1) is 11.3. The van der Waals surface area contributed by atoms with Crippen LogP contribution in [-0.4, -0.2) is 26.3 Å². The van der Waals surface area contributed by atoms with Crippen LogP contribution in [0.2, 0.25) is 0 Å². The monoisotopic (exact) mass is 335 g/mol. The topological polar surface area (TPSA) is 89.1 Å². The first kappa shape index (κ1) is 15.7. The van der Waals surface area contributed by atoms with Crippen LogP contribution in [0.1, 0.15) is 16.1 Å². The van der Waals surface area contributed by atoms with E-state index in [0.717, 1.165) is 12.3 Å². The summed E-state index contributed by atoms with van der Waals surface area (Å²) in [6.45, 7) is 0. The van der Waals surface area contributed by atoms with Gasteiger partial charge in [-0.15, -0.1) is 10.2 Å². The molecule has 0 spiro atoms. The molecule has 3 aromatic rings. The second-order valence-electron chi connectivity index (χ2n) is 4.73. The number of hydrogen-bond acceptors (Lipinski definition) is 5. The summed E-state index contributed by atoms with van der Waals surface area (Å²) in [4.78, 5) is 14.3. The van der Waals surface area contributed by atoms with Gasteiger partial charge in [-0.25, -0.2) is 4.79 Å². The molecule has 0 aliphatic carbocycles. The lowest BCUT2D eigenvalue weighted by Crippen LogP contribution is -2.07. The zero-order valence-electron chi connectivity index (χ0n) is 11.8. The van der Waals surface area contributed by atoms with Crippen molar-refractivity contribution in [3.05, 3.63) is 53.9 Å². The third-order valence-corrected chi connectivity index (χ3v) is 3.08. The Morgan fingerprint density at radius 1 is 1.04 bits per heavy atom. The molecule has 0 aliphatic heterocycles. The van der Waals surface area contributed by atoms with Crippen molar-refractivity contribution in [1.29, 1.82) is 0 Å². The van der Waals surface area contributed by atoms with E-state index in [2.05, 4.69) is 15.2 Å². The largest absolute Gasteiger partial charge is 0.478 e. The Morgan fingerprint density at radius 2 is 1.75 bits per heavy atom. The van der Waals surface area contributed by atoms with Gasteiger partial charge in [-0.2, -0.15) is 13.2 Å². The zero-order valence-corrected chi connectivity index (χ0v) is 11.8. The van der Waals surface area contributed by atoms with Gasteiger partial charge < -0.3 is 9.52 Å². The van der Waals surface area contributed by atoms with Crippen molar-refractivity contribution >= 4 is 5.97 Å². The molecule has 6 nitrogen and oxygen atoms in total. The molecule has 2 aromatic heterocycles. The minimum absolute atomic E-state index is 0.0213. The number of pyridine rings is 1. The van der Waals surface area contributed by atoms with Crippen LogP contribution in [-0.2, 0) is 6.18 Å². The summed E-state index contributed by atoms with van der Waals surface area (Å²) >= 11 is 0. The number of aromatic carboxylic acids is 1. The molecule has 0 atom stereocenters. The van der Waals surface area contributed by atoms with Crippen LogP contribution in [0.3, 0.4) is 0 Å². The minimum Gasteiger partial charge on any atom is -0.478 e. The third kappa shape index (κ3) is 3.09. The summed E-state index contributed by atoms with van der Waals surface area (Å²) < 4.78 is 42.8. The van der Waals surface area contributed by atoms with Gasteiger partial charge in [-0.3, -0.25) is 4.98 Å². The van der Waals surface area contributed by atoms with Crippen molar-refractivity contribution in [1.82, 2.24) is 15.2 Å². The maximum absolute atomic E-state index is 12.5. The normalized spacial score (nSPS) is 11.5. The molecule has 9 heteroatoms. The number of carboxylic acids is 1. The Labute approximate surface area is 132 Å². The van der Waals surface area contributed by atoms with Crippen molar-refractivity contribution in [2.45, 2.75) is 6.18 Å². The van der Waals surface area contributed by atoms with Gasteiger partial charge in [-0.05, 0) is 30.3 Å². The van der Waals surface area contributed by atoms with Gasteiger partial charge in [0.25, 0.3) is 0 Å². The fourth-order valence-electron chi connectivity index (χ4n) is 1.93. The van der Waals surface area contributed by atoms with Crippen LogP contribution in [0, 0.1) is 0 Å². The van der Waals surface area contributed by atoms with Gasteiger partial charge >= 0.3 is 12.1 Å². The van der Waals surface area contributed by atoms with Gasteiger partial charge in [0, 0.05) is 11.8 Å². The molecule has 1 aromatic carbocycles. The molecule has 2 heterocycles. The molecule has 24 heavy (non-hydrogen) atoms. The van der Waals surface area contributed by atoms with Crippen LogP contribution in [0.25, 0.3) is 22.9 Å². The van der Waals surface area contributed by atoms with Crippen molar-refractivity contribution in [3.8, 4) is 22.9 Å². The lowest BCUT2D eigenvalue weighted by Gasteiger charge is -2.04. The van der Waals surface area contributed by atoms with Crippen LogP contribution < -0.4 is 0 Å². The molecule has 0 amide bonds. The Hall–Kier alpha value is -3.23. The molecule has 0 saturated heterocycles. The second-order valence-corrected chi connectivity index (χ2v) is 4.73. The van der Waals surface area contributed by atoms with Gasteiger partial charge in [0.1, 0.15) is 5.69 Å². The third-order valence-electron chi connectivity index (χ3n) is 3.08. The predicted molar refractivity (Wildman–Crippen MR) is 74.9 cm³/mol. The molecule has 0 unspecified atom stereocenters. The van der Waals surface area contributed by atoms with Crippen LogP contribution in [0.15, 0.2) is 47.0 Å². The first-order valence-corrected chi connectivity index (χ1v) is 6.55. The van der Waals surface area contributed by atoms with Crippen molar-refractivity contribution < 1.29 is 27.5 Å². The number of aromatic nitrogens is 3. The smallest absolute Gasteiger partial charge is 0.433 e. The highest BCUT2D eigenvalue weighted by Crippen LogP contribution is 2.29. The highest BCUT2D eigenvalue weighted by Gasteiger charge is 2.32. The van der Waals surface area contributed by atoms with Crippen LogP contribution in [0.4, 0.5) is 13.2 Å². The number of hydrogen-bond donors (Lipinski definition) is 1. The number of carboxylic acid groups (broad SMARTS) is 1. The van der Waals surface area contributed by atoms with E-state index in [-0.39, 0.29) is 22.9 Å². The number of halogens is 3. The van der Waals surface area contributed by atoms with E-state index in [4.69, 9.17) is 9.52 Å². The molecular formula is C15H8F3N3O3. The van der Waals surface area contributed by atoms with Crippen molar-refractivity contribution in [2.24, 2.45) is 0 Å². The SMILES string of the molecule is O=C(O)c1cccc(-c2nnc(-c3ccc(C(F)(F)F)nc3)o2)c1. The van der Waals surface area contributed by atoms with Crippen molar-refractivity contribution in [2.75, 3.05) is 0 Å². The number of nitrogens with zero attached hydrogens (tertiary/aromatic N) is 3. The Morgan fingerprint density at radius 3 is 2.33 bits per heavy atom. The average molecular weight is 335 g/mol. The van der Waals surface area contributed by atoms with Crippen LogP contribution in [0.5, 0.6) is 0 Å². The number of carbonyl (C=O) groups is 1. The quantitative estimate of drug-likeness (QED) is 0.788. The van der Waals surface area contributed by atoms with E-state index in [1.165, 1.54) is 24.3 Å². The van der Waals surface area contributed by atoms with E-state index >= 15 is 0 Å². The summed E-state index contributed by atoms with van der Waals surface area (Å²) in [6, 6.07) is 7.83. The van der Waals surface area contributed by atoms with E-state index in [0.29, 0.717) is 5.56 Å². The molecule has 0 fully saturated rings. The maximum Gasteiger partial charge on any atom is 0.433 e. The molecule has 0 aliphatic rings. The lowest BCUT2D eigenvalue weighted by atomic mass is 10.1. The summed E-state index contributed by atoms with van der Waals surface area (Å²) in [5.74, 6) is -1.08. The molecule has 0 saturated carbocycles. The summed E-state index contributed by atoms with van der Waals surface area (Å²) in [5.41, 5.74) is -0.381. The highest BCUT2D eigenvalue weighted by atomic mass is 19.4. The Kier molecular flexibility index (Phi) is 3.76. The molecule has 0 bridgehead atoms. The maximum atomic E-state index is 12.5. The van der Waals surface area contributed by atoms with Crippen molar-refractivity contribution in [3.63, 3.8) is 0 Å². The number of benzene rings is 1. The summed E-state index contributed by atoms with van der Waals surface area (Å²) in [7, 11) is 0. The van der Waals surface area contributed by atoms with Gasteiger partial charge in [0.05, 0.1) is 11.1 Å². The lowest BCUT2D eigenvalue weighted by molar-refractivity contribution is -0.141. The predicted octanol–water partition coefficient (Wildman–Crippen LogP) is 3.52. The Bertz CT molecular complexity index is 889. The van der Waals surface area contributed by atoms with Gasteiger partial charge in [0.15, 0.2) is 0 Å².